The van der Waals surface area contributed by atoms with Crippen LogP contribution in [0.4, 0.5) is 0 Å². The van der Waals surface area contributed by atoms with Crippen molar-refractivity contribution in [1.29, 1.82) is 0 Å². The molecule has 8 rings (SSSR count). The van der Waals surface area contributed by atoms with E-state index in [9.17, 15) is 14.7 Å². The molecule has 0 bridgehead atoms. The van der Waals surface area contributed by atoms with E-state index in [2.05, 4.69) is 124 Å². The molecule has 1 aliphatic carbocycles. The minimum absolute atomic E-state index is 0.00218. The molecule has 1 N–H and O–H groups in total. The Hall–Kier alpha value is -4.60. The monoisotopic (exact) mass is 836 g/mol. The maximum Gasteiger partial charge on any atom is 0.261 e. The third-order valence-electron chi connectivity index (χ3n) is 14.2. The summed E-state index contributed by atoms with van der Waals surface area (Å²) in [7, 11) is -2.91. The number of fused-ring (bicyclic) bond motifs is 3. The van der Waals surface area contributed by atoms with Crippen LogP contribution >= 0.6 is 0 Å². The molecule has 3 fully saturated rings. The number of carbonyl (C=O) groups is 2. The van der Waals surface area contributed by atoms with Gasteiger partial charge in [-0.2, -0.15) is 0 Å². The normalized spacial score (nSPS) is 22.9. The molecule has 4 aliphatic rings. The van der Waals surface area contributed by atoms with Gasteiger partial charge >= 0.3 is 0 Å². The van der Waals surface area contributed by atoms with Crippen molar-refractivity contribution in [3.63, 3.8) is 0 Å². The Balaban J connectivity index is 1.10. The van der Waals surface area contributed by atoms with Crippen molar-refractivity contribution < 1.29 is 23.9 Å². The molecule has 8 heteroatoms. The van der Waals surface area contributed by atoms with Crippen molar-refractivity contribution in [2.75, 3.05) is 26.3 Å². The summed E-state index contributed by atoms with van der Waals surface area (Å²) in [6.45, 7) is 16.4. The molecule has 61 heavy (non-hydrogen) atoms. The minimum atomic E-state index is -2.91. The van der Waals surface area contributed by atoms with E-state index in [0.717, 1.165) is 74.0 Å². The van der Waals surface area contributed by atoms with E-state index in [0.29, 0.717) is 25.4 Å². The smallest absolute Gasteiger partial charge is 0.261 e. The highest BCUT2D eigenvalue weighted by molar-refractivity contribution is 6.99. The number of aromatic hydroxyl groups is 1. The lowest BCUT2D eigenvalue weighted by Gasteiger charge is -2.44. The second-order valence-electron chi connectivity index (χ2n) is 19.0. The van der Waals surface area contributed by atoms with E-state index >= 15 is 0 Å². The van der Waals surface area contributed by atoms with Gasteiger partial charge in [0.25, 0.3) is 8.32 Å². The number of imide groups is 1. The third-order valence-corrected chi connectivity index (χ3v) is 19.1. The first kappa shape index (κ1) is 43.1. The number of ether oxygens (including phenoxy) is 1. The Kier molecular flexibility index (Phi) is 12.7. The van der Waals surface area contributed by atoms with Gasteiger partial charge in [0.1, 0.15) is 5.75 Å². The summed E-state index contributed by atoms with van der Waals surface area (Å²) in [6.07, 6.45) is 6.72. The lowest BCUT2D eigenvalue weighted by molar-refractivity contribution is -0.144. The molecule has 7 nitrogen and oxygen atoms in total. The summed E-state index contributed by atoms with van der Waals surface area (Å²) in [6, 6.07) is 36.0. The standard InChI is InChI=1S/C53H64N2O5Si/c1-7-38(31-40-29-36(2)50(56)37(3)30-40)23-24-47-48-41(34-60-61(53(4,5)6,43-19-13-9-14-20-43)44-21-15-10-16-22-44)32-45-49(46(48)35-59-47)52(58)55(51(45)57)42-25-27-54(28-26-42)33-39-17-11-8-12-18-39/h8-22,29-31,42,45-47,49,56H,7,23-28,32-35H2,1-6H3/b38-31+/t45-,46+,47-,49-/m1/s1. The molecule has 0 saturated carbocycles. The van der Waals surface area contributed by atoms with Crippen LogP contribution in [0.2, 0.25) is 5.04 Å². The van der Waals surface area contributed by atoms with Crippen molar-refractivity contribution in [1.82, 2.24) is 9.80 Å². The van der Waals surface area contributed by atoms with Gasteiger partial charge in [-0.05, 0) is 113 Å². The Bertz CT molecular complexity index is 2200. The molecule has 0 spiro atoms. The maximum atomic E-state index is 14.8. The van der Waals surface area contributed by atoms with Gasteiger partial charge < -0.3 is 14.3 Å². The molecule has 0 aromatic heterocycles. The predicted molar refractivity (Wildman–Crippen MR) is 247 cm³/mol. The molecule has 4 atom stereocenters. The Morgan fingerprint density at radius 3 is 2.02 bits per heavy atom. The molecule has 4 aromatic carbocycles. The van der Waals surface area contributed by atoms with Crippen LogP contribution in [-0.2, 0) is 25.3 Å². The number of allylic oxidation sites excluding steroid dienone is 1. The van der Waals surface area contributed by atoms with Crippen molar-refractivity contribution >= 4 is 36.6 Å². The van der Waals surface area contributed by atoms with Gasteiger partial charge in [-0.15, -0.1) is 0 Å². The maximum absolute atomic E-state index is 14.8. The second kappa shape index (κ2) is 18.0. The van der Waals surface area contributed by atoms with Crippen LogP contribution in [0, 0.1) is 31.6 Å². The number of amides is 2. The highest BCUT2D eigenvalue weighted by Gasteiger charge is 2.59. The van der Waals surface area contributed by atoms with Crippen LogP contribution in [0.25, 0.3) is 6.08 Å². The topological polar surface area (TPSA) is 79.3 Å². The summed E-state index contributed by atoms with van der Waals surface area (Å²) in [5, 5.41) is 12.7. The summed E-state index contributed by atoms with van der Waals surface area (Å²) < 4.78 is 14.4. The molecule has 3 saturated heterocycles. The zero-order valence-corrected chi connectivity index (χ0v) is 38.0. The summed E-state index contributed by atoms with van der Waals surface area (Å²) in [5.41, 5.74) is 7.79. The number of phenolic OH excluding ortho intramolecular Hbond substituents is 1. The Labute approximate surface area is 364 Å². The van der Waals surface area contributed by atoms with Crippen LogP contribution in [0.15, 0.2) is 120 Å². The number of piperidine rings is 1. The summed E-state index contributed by atoms with van der Waals surface area (Å²) >= 11 is 0. The lowest BCUT2D eigenvalue weighted by atomic mass is 9.69. The van der Waals surface area contributed by atoms with Gasteiger partial charge in [0, 0.05) is 31.6 Å². The quantitative estimate of drug-likeness (QED) is 0.0823. The van der Waals surface area contributed by atoms with Gasteiger partial charge in [-0.3, -0.25) is 19.4 Å². The van der Waals surface area contributed by atoms with Crippen LogP contribution in [0.3, 0.4) is 0 Å². The first-order valence-electron chi connectivity index (χ1n) is 22.6. The van der Waals surface area contributed by atoms with E-state index in [4.69, 9.17) is 9.16 Å². The van der Waals surface area contributed by atoms with Gasteiger partial charge in [0.2, 0.25) is 11.8 Å². The number of hydrogen-bond donors (Lipinski definition) is 1. The number of benzene rings is 4. The van der Waals surface area contributed by atoms with Crippen LogP contribution in [-0.4, -0.2) is 73.5 Å². The van der Waals surface area contributed by atoms with Crippen molar-refractivity contribution in [2.24, 2.45) is 17.8 Å². The number of likely N-dealkylation sites (tertiary alicyclic amines) is 2. The fourth-order valence-electron chi connectivity index (χ4n) is 11.1. The predicted octanol–water partition coefficient (Wildman–Crippen LogP) is 9.14. The lowest BCUT2D eigenvalue weighted by Crippen LogP contribution is -2.66. The fraction of sp³-hybridized carbons (Fsp3) is 0.434. The summed E-state index contributed by atoms with van der Waals surface area (Å²) in [4.78, 5) is 33.6. The average Bonchev–Trinajstić information content (AvgIpc) is 3.79. The van der Waals surface area contributed by atoms with Crippen LogP contribution < -0.4 is 10.4 Å². The van der Waals surface area contributed by atoms with Crippen LogP contribution in [0.5, 0.6) is 5.75 Å². The first-order valence-corrected chi connectivity index (χ1v) is 24.5. The van der Waals surface area contributed by atoms with E-state index < -0.39 is 20.2 Å². The third kappa shape index (κ3) is 8.49. The summed E-state index contributed by atoms with van der Waals surface area (Å²) in [5.74, 6) is -0.619. The zero-order valence-electron chi connectivity index (χ0n) is 37.0. The number of nitrogens with zero attached hydrogens (tertiary/aromatic N) is 2. The largest absolute Gasteiger partial charge is 0.507 e. The molecule has 4 aromatic rings. The van der Waals surface area contributed by atoms with Gasteiger partial charge in [-0.25, -0.2) is 0 Å². The van der Waals surface area contributed by atoms with Gasteiger partial charge in [-0.1, -0.05) is 130 Å². The average molecular weight is 837 g/mol. The molecule has 320 valence electrons. The SMILES string of the molecule is CC/C(=C\c1cc(C)c(O)c(C)c1)CC[C@H]1OC[C@H]2C1=C(CO[Si](c1ccccc1)(c1ccccc1)C(C)(C)C)C[C@H]1C(=O)N(C3CCN(Cc4ccccc4)CC3)C(=O)[C@H]12. The number of rotatable bonds is 13. The highest BCUT2D eigenvalue weighted by Crippen LogP contribution is 2.51. The fourth-order valence-corrected chi connectivity index (χ4v) is 15.6. The molecule has 2 amide bonds. The zero-order chi connectivity index (χ0) is 42.9. The highest BCUT2D eigenvalue weighted by atomic mass is 28.4. The number of carbonyl (C=O) groups excluding carboxylic acids is 2. The second-order valence-corrected chi connectivity index (χ2v) is 23.3. The molecular weight excluding hydrogens is 773 g/mol. The number of aryl methyl sites for hydroxylation is 2. The molecule has 0 radical (unpaired) electrons. The number of hydrogen-bond acceptors (Lipinski definition) is 6. The van der Waals surface area contributed by atoms with Crippen LogP contribution in [0.1, 0.15) is 88.5 Å². The Morgan fingerprint density at radius 2 is 1.44 bits per heavy atom. The molecule has 3 aliphatic heterocycles. The van der Waals surface area contributed by atoms with E-state index in [1.165, 1.54) is 27.1 Å². The molecular formula is C53H64N2O5Si. The number of phenols is 1. The van der Waals surface area contributed by atoms with Gasteiger partial charge in [0.05, 0.1) is 31.2 Å². The van der Waals surface area contributed by atoms with E-state index in [-0.39, 0.29) is 34.9 Å². The first-order chi connectivity index (χ1) is 29.4. The minimum Gasteiger partial charge on any atom is -0.507 e. The van der Waals surface area contributed by atoms with E-state index in [1.807, 2.05) is 32.0 Å². The van der Waals surface area contributed by atoms with Crippen molar-refractivity contribution in [3.8, 4) is 5.75 Å². The van der Waals surface area contributed by atoms with Gasteiger partial charge in [0.15, 0.2) is 0 Å². The van der Waals surface area contributed by atoms with E-state index in [1.54, 1.807) is 4.90 Å². The molecule has 0 unspecified atom stereocenters. The van der Waals surface area contributed by atoms with Crippen molar-refractivity contribution in [3.05, 3.63) is 142 Å². The van der Waals surface area contributed by atoms with Crippen molar-refractivity contribution in [2.45, 2.75) is 104 Å². The Morgan fingerprint density at radius 1 is 0.852 bits per heavy atom. The molecule has 3 heterocycles.